The number of methoxy groups -OCH3 is 2. The van der Waals surface area contributed by atoms with Crippen LogP contribution < -0.4 is 9.47 Å². The number of aliphatic carboxylic acids is 1. The van der Waals surface area contributed by atoms with E-state index in [2.05, 4.69) is 0 Å². The van der Waals surface area contributed by atoms with Gasteiger partial charge in [-0.15, -0.1) is 0 Å². The van der Waals surface area contributed by atoms with Crippen molar-refractivity contribution in [1.29, 1.82) is 0 Å². The van der Waals surface area contributed by atoms with Crippen LogP contribution in [0.1, 0.15) is 29.0 Å². The van der Waals surface area contributed by atoms with Gasteiger partial charge in [0.05, 0.1) is 20.8 Å². The van der Waals surface area contributed by atoms with E-state index in [9.17, 15) is 9.90 Å². The van der Waals surface area contributed by atoms with E-state index in [-0.39, 0.29) is 5.92 Å². The molecular formula is C20H22O5. The summed E-state index contributed by atoms with van der Waals surface area (Å²) in [5.74, 6) is 0.188. The van der Waals surface area contributed by atoms with Gasteiger partial charge in [-0.05, 0) is 30.7 Å². The first-order valence-electron chi connectivity index (χ1n) is 8.17. The summed E-state index contributed by atoms with van der Waals surface area (Å²) in [6, 6.07) is 13.2. The summed E-state index contributed by atoms with van der Waals surface area (Å²) < 4.78 is 16.8. The molecule has 1 saturated heterocycles. The lowest BCUT2D eigenvalue weighted by Crippen LogP contribution is -2.35. The van der Waals surface area contributed by atoms with Crippen LogP contribution in [-0.4, -0.2) is 31.9 Å². The summed E-state index contributed by atoms with van der Waals surface area (Å²) in [6.07, 6.45) is 0.322. The van der Waals surface area contributed by atoms with Crippen molar-refractivity contribution in [3.8, 4) is 11.5 Å². The van der Waals surface area contributed by atoms with Crippen LogP contribution in [0.5, 0.6) is 11.5 Å². The third-order valence-corrected chi connectivity index (χ3v) is 4.78. The fraction of sp³-hybridized carbons (Fsp3) is 0.350. The molecule has 5 heteroatoms. The summed E-state index contributed by atoms with van der Waals surface area (Å²) in [5, 5.41) is 10.0. The number of carboxylic acids is 1. The first-order valence-corrected chi connectivity index (χ1v) is 8.17. The second-order valence-electron chi connectivity index (χ2n) is 6.29. The van der Waals surface area contributed by atoms with Crippen molar-refractivity contribution >= 4 is 5.97 Å². The van der Waals surface area contributed by atoms with Crippen LogP contribution in [0.25, 0.3) is 0 Å². The van der Waals surface area contributed by atoms with Gasteiger partial charge < -0.3 is 19.3 Å². The summed E-state index contributed by atoms with van der Waals surface area (Å²) in [7, 11) is 3.15. The molecule has 2 aromatic carbocycles. The van der Waals surface area contributed by atoms with Gasteiger partial charge in [0, 0.05) is 17.9 Å². The van der Waals surface area contributed by atoms with E-state index in [1.54, 1.807) is 13.2 Å². The molecule has 1 N–H and O–H groups in total. The van der Waals surface area contributed by atoms with E-state index in [0.29, 0.717) is 24.3 Å². The Labute approximate surface area is 147 Å². The molecule has 0 amide bonds. The highest BCUT2D eigenvalue weighted by atomic mass is 16.5. The van der Waals surface area contributed by atoms with Crippen LogP contribution >= 0.6 is 0 Å². The molecule has 0 saturated carbocycles. The van der Waals surface area contributed by atoms with Crippen LogP contribution in [0.4, 0.5) is 0 Å². The van der Waals surface area contributed by atoms with Gasteiger partial charge in [-0.1, -0.05) is 29.8 Å². The van der Waals surface area contributed by atoms with Gasteiger partial charge in [0.25, 0.3) is 0 Å². The largest absolute Gasteiger partial charge is 0.496 e. The van der Waals surface area contributed by atoms with E-state index in [4.69, 9.17) is 14.2 Å². The van der Waals surface area contributed by atoms with Crippen LogP contribution in [0.2, 0.25) is 0 Å². The summed E-state index contributed by atoms with van der Waals surface area (Å²) in [4.78, 5) is 12.2. The molecule has 0 bridgehead atoms. The molecule has 132 valence electrons. The van der Waals surface area contributed by atoms with Gasteiger partial charge >= 0.3 is 5.97 Å². The van der Waals surface area contributed by atoms with Crippen LogP contribution in [-0.2, 0) is 15.1 Å². The topological polar surface area (TPSA) is 65.0 Å². The lowest BCUT2D eigenvalue weighted by atomic mass is 9.83. The minimum atomic E-state index is -1.43. The Hall–Kier alpha value is -2.53. The molecule has 0 aromatic heterocycles. The summed E-state index contributed by atoms with van der Waals surface area (Å²) in [6.45, 7) is 2.23. The fourth-order valence-corrected chi connectivity index (χ4v) is 3.50. The molecular weight excluding hydrogens is 320 g/mol. The average Bonchev–Trinajstić information content (AvgIpc) is 3.08. The highest BCUT2D eigenvalue weighted by Gasteiger charge is 2.51. The minimum absolute atomic E-state index is 0.0718. The molecule has 3 rings (SSSR count). The predicted molar refractivity (Wildman–Crippen MR) is 93.3 cm³/mol. The van der Waals surface area contributed by atoms with Gasteiger partial charge in [0.1, 0.15) is 11.5 Å². The molecule has 0 unspecified atom stereocenters. The quantitative estimate of drug-likeness (QED) is 0.901. The van der Waals surface area contributed by atoms with E-state index in [0.717, 1.165) is 16.9 Å². The van der Waals surface area contributed by atoms with Crippen LogP contribution in [0.15, 0.2) is 42.5 Å². The maximum absolute atomic E-state index is 12.2. The Bertz CT molecular complexity index is 785. The van der Waals surface area contributed by atoms with Gasteiger partial charge in [-0.25, -0.2) is 4.79 Å². The molecule has 2 aromatic rings. The number of carboxylic acid groups (broad SMARTS) is 1. The van der Waals surface area contributed by atoms with Crippen LogP contribution in [0, 0.1) is 6.92 Å². The number of carbonyl (C=O) groups is 1. The third kappa shape index (κ3) is 2.96. The Balaban J connectivity index is 2.05. The highest BCUT2D eigenvalue weighted by Crippen LogP contribution is 2.48. The van der Waals surface area contributed by atoms with Gasteiger partial charge in [-0.2, -0.15) is 0 Å². The van der Waals surface area contributed by atoms with E-state index in [1.807, 2.05) is 43.3 Å². The number of hydrogen-bond acceptors (Lipinski definition) is 4. The lowest BCUT2D eigenvalue weighted by Gasteiger charge is -2.26. The Kier molecular flexibility index (Phi) is 4.68. The average molecular weight is 342 g/mol. The maximum atomic E-state index is 12.2. The molecule has 0 aliphatic carbocycles. The smallest absolute Gasteiger partial charge is 0.340 e. The summed E-state index contributed by atoms with van der Waals surface area (Å²) >= 11 is 0. The Morgan fingerprint density at radius 3 is 2.56 bits per heavy atom. The van der Waals surface area contributed by atoms with Crippen molar-refractivity contribution in [2.24, 2.45) is 0 Å². The molecule has 1 fully saturated rings. The zero-order chi connectivity index (χ0) is 18.0. The first kappa shape index (κ1) is 17.3. The van der Waals surface area contributed by atoms with Gasteiger partial charge in [0.15, 0.2) is 5.60 Å². The van der Waals surface area contributed by atoms with E-state index < -0.39 is 11.6 Å². The minimum Gasteiger partial charge on any atom is -0.496 e. The second kappa shape index (κ2) is 6.76. The number of hydrogen-bond donors (Lipinski definition) is 1. The van der Waals surface area contributed by atoms with Gasteiger partial charge in [0.2, 0.25) is 0 Å². The van der Waals surface area contributed by atoms with Crippen molar-refractivity contribution in [1.82, 2.24) is 0 Å². The zero-order valence-corrected chi connectivity index (χ0v) is 14.6. The van der Waals surface area contributed by atoms with E-state index in [1.165, 1.54) is 7.11 Å². The molecule has 1 heterocycles. The SMILES string of the molecule is COc1ccccc1[C@H]1CO[C@@](C(=O)O)(c2cc(C)ccc2OC)C1. The number of para-hydroxylation sites is 1. The molecule has 5 nitrogen and oxygen atoms in total. The molecule has 0 radical (unpaired) electrons. The maximum Gasteiger partial charge on any atom is 0.340 e. The fourth-order valence-electron chi connectivity index (χ4n) is 3.50. The van der Waals surface area contributed by atoms with Gasteiger partial charge in [-0.3, -0.25) is 0 Å². The van der Waals surface area contributed by atoms with Crippen molar-refractivity contribution < 1.29 is 24.1 Å². The van der Waals surface area contributed by atoms with Crippen molar-refractivity contribution in [3.63, 3.8) is 0 Å². The zero-order valence-electron chi connectivity index (χ0n) is 14.6. The van der Waals surface area contributed by atoms with Crippen LogP contribution in [0.3, 0.4) is 0 Å². The Morgan fingerprint density at radius 2 is 1.88 bits per heavy atom. The molecule has 0 spiro atoms. The molecule has 1 aliphatic heterocycles. The summed E-state index contributed by atoms with van der Waals surface area (Å²) in [5.41, 5.74) is 1.04. The van der Waals surface area contributed by atoms with Crippen molar-refractivity contribution in [2.45, 2.75) is 24.9 Å². The Morgan fingerprint density at radius 1 is 1.16 bits per heavy atom. The molecule has 2 atom stereocenters. The number of benzene rings is 2. The number of ether oxygens (including phenoxy) is 3. The third-order valence-electron chi connectivity index (χ3n) is 4.78. The predicted octanol–water partition coefficient (Wildman–Crippen LogP) is 3.50. The second-order valence-corrected chi connectivity index (χ2v) is 6.29. The molecule has 1 aliphatic rings. The monoisotopic (exact) mass is 342 g/mol. The van der Waals surface area contributed by atoms with E-state index >= 15 is 0 Å². The number of aryl methyl sites for hydroxylation is 1. The first-order chi connectivity index (χ1) is 12.0. The highest BCUT2D eigenvalue weighted by molar-refractivity contribution is 5.81. The molecule has 25 heavy (non-hydrogen) atoms. The van der Waals surface area contributed by atoms with Crippen molar-refractivity contribution in [3.05, 3.63) is 59.2 Å². The lowest BCUT2D eigenvalue weighted by molar-refractivity contribution is -0.161. The number of rotatable bonds is 5. The van der Waals surface area contributed by atoms with Crippen molar-refractivity contribution in [2.75, 3.05) is 20.8 Å². The standard InChI is InChI=1S/C20H22O5/c1-13-8-9-18(24-3)16(10-13)20(19(21)22)11-14(12-25-20)15-6-4-5-7-17(15)23-2/h4-10,14H,11-12H2,1-3H3,(H,21,22)/t14-,20-/m1/s1. The normalized spacial score (nSPS) is 22.6.